The molecule has 2 amide bonds. The first-order valence-corrected chi connectivity index (χ1v) is 11.3. The van der Waals surface area contributed by atoms with Gasteiger partial charge in [0.25, 0.3) is 0 Å². The second-order valence-corrected chi connectivity index (χ2v) is 7.89. The van der Waals surface area contributed by atoms with E-state index in [-0.39, 0.29) is 17.3 Å². The molecule has 1 aliphatic heterocycles. The zero-order valence-corrected chi connectivity index (χ0v) is 20.6. The van der Waals surface area contributed by atoms with E-state index in [1.54, 1.807) is 37.6 Å². The summed E-state index contributed by atoms with van der Waals surface area (Å²) < 4.78 is 39.8. The number of nitrogens with zero attached hydrogens (tertiary/aromatic N) is 4. The van der Waals surface area contributed by atoms with Crippen LogP contribution in [0.5, 0.6) is 0 Å². The van der Waals surface area contributed by atoms with Gasteiger partial charge in [0.1, 0.15) is 0 Å². The van der Waals surface area contributed by atoms with E-state index in [4.69, 9.17) is 0 Å². The predicted octanol–water partition coefficient (Wildman–Crippen LogP) is 6.11. The van der Waals surface area contributed by atoms with Gasteiger partial charge in [-0.3, -0.25) is 9.89 Å². The molecule has 2 rings (SSSR count). The Kier molecular flexibility index (Phi) is 10.1. The molecule has 1 N–H and O–H groups in total. The Balaban J connectivity index is 2.52. The van der Waals surface area contributed by atoms with Crippen LogP contribution in [0.2, 0.25) is 0 Å². The summed E-state index contributed by atoms with van der Waals surface area (Å²) in [5.41, 5.74) is 1.13. The van der Waals surface area contributed by atoms with Gasteiger partial charge in [0.05, 0.1) is 17.0 Å². The van der Waals surface area contributed by atoms with Crippen LogP contribution < -0.4 is 5.32 Å². The standard InChI is InChI=1S/C26H32F3N5O/c1-6-14-30-15-13-19(4)31-25(35)34-17-10-16-33(5)23(8-3)24(34)32-22(7-2)20-11-9-12-21(18-20)26(27,28)29/h6-7,9,11-15,18H,2,8,10,16-17H2,1,3-5H3,(H,31,35)/b14-6-,19-13+,30-15-,32-22+. The van der Waals surface area contributed by atoms with E-state index in [0.29, 0.717) is 37.4 Å². The molecule has 1 heterocycles. The Labute approximate surface area is 204 Å². The molecule has 6 nitrogen and oxygen atoms in total. The van der Waals surface area contributed by atoms with E-state index in [9.17, 15) is 18.0 Å². The average molecular weight is 488 g/mol. The number of carbonyl (C=O) groups is 1. The SMILES string of the molecule is C=C/C(=N\C1=C(CC)N(C)CCCN1C(=O)N/C(C)=C/C=N\C=C/C)c1cccc(C(F)(F)F)c1. The summed E-state index contributed by atoms with van der Waals surface area (Å²) in [6.07, 6.45) is 4.86. The summed E-state index contributed by atoms with van der Waals surface area (Å²) in [4.78, 5) is 25.5. The number of nitrogens with one attached hydrogen (secondary N) is 1. The summed E-state index contributed by atoms with van der Waals surface area (Å²) in [7, 11) is 1.91. The van der Waals surface area contributed by atoms with Gasteiger partial charge in [0.2, 0.25) is 0 Å². The van der Waals surface area contributed by atoms with Crippen LogP contribution in [-0.2, 0) is 6.18 Å². The molecule has 0 spiro atoms. The summed E-state index contributed by atoms with van der Waals surface area (Å²) in [6, 6.07) is 4.54. The van der Waals surface area contributed by atoms with Crippen LogP contribution in [-0.4, -0.2) is 47.9 Å². The number of aliphatic imine (C=N–C) groups is 2. The molecule has 0 radical (unpaired) electrons. The van der Waals surface area contributed by atoms with Gasteiger partial charge in [-0.25, -0.2) is 9.79 Å². The Bertz CT molecular complexity index is 1070. The van der Waals surface area contributed by atoms with E-state index in [0.717, 1.165) is 17.8 Å². The summed E-state index contributed by atoms with van der Waals surface area (Å²) in [6.45, 7) is 10.4. The second kappa shape index (κ2) is 12.7. The highest BCUT2D eigenvalue weighted by atomic mass is 19.4. The Morgan fingerprint density at radius 3 is 2.66 bits per heavy atom. The third-order valence-electron chi connectivity index (χ3n) is 5.29. The molecule has 0 aromatic heterocycles. The highest BCUT2D eigenvalue weighted by molar-refractivity contribution is 6.09. The molecule has 188 valence electrons. The Hall–Kier alpha value is -3.62. The molecular formula is C26H32F3N5O. The average Bonchev–Trinajstić information content (AvgIpc) is 2.97. The molecule has 1 aromatic rings. The molecule has 1 aromatic carbocycles. The number of alkyl halides is 3. The largest absolute Gasteiger partial charge is 0.416 e. The van der Waals surface area contributed by atoms with Gasteiger partial charge in [0.15, 0.2) is 5.82 Å². The van der Waals surface area contributed by atoms with Crippen molar-refractivity contribution in [2.24, 2.45) is 9.98 Å². The van der Waals surface area contributed by atoms with Gasteiger partial charge < -0.3 is 10.2 Å². The minimum absolute atomic E-state index is 0.246. The third-order valence-corrected chi connectivity index (χ3v) is 5.29. The predicted molar refractivity (Wildman–Crippen MR) is 135 cm³/mol. The van der Waals surface area contributed by atoms with Gasteiger partial charge in [-0.2, -0.15) is 13.2 Å². The molecule has 0 unspecified atom stereocenters. The van der Waals surface area contributed by atoms with Crippen molar-refractivity contribution in [3.63, 3.8) is 0 Å². The van der Waals surface area contributed by atoms with Crippen molar-refractivity contribution >= 4 is 18.0 Å². The highest BCUT2D eigenvalue weighted by Crippen LogP contribution is 2.30. The topological polar surface area (TPSA) is 60.3 Å². The molecule has 1 aliphatic rings. The number of urea groups is 1. The summed E-state index contributed by atoms with van der Waals surface area (Å²) in [5, 5.41) is 2.84. The first-order valence-electron chi connectivity index (χ1n) is 11.3. The Morgan fingerprint density at radius 2 is 2.03 bits per heavy atom. The van der Waals surface area contributed by atoms with Crippen LogP contribution in [0.15, 0.2) is 82.5 Å². The number of rotatable bonds is 7. The molecule has 0 saturated heterocycles. The lowest BCUT2D eigenvalue weighted by Gasteiger charge is -2.25. The number of amides is 2. The van der Waals surface area contributed by atoms with E-state index < -0.39 is 11.7 Å². The van der Waals surface area contributed by atoms with Gasteiger partial charge in [-0.05, 0) is 51.0 Å². The third kappa shape index (κ3) is 7.70. The highest BCUT2D eigenvalue weighted by Gasteiger charge is 2.31. The fourth-order valence-corrected chi connectivity index (χ4v) is 3.55. The van der Waals surface area contributed by atoms with E-state index in [1.165, 1.54) is 17.0 Å². The first-order chi connectivity index (χ1) is 16.6. The first kappa shape index (κ1) is 27.6. The lowest BCUT2D eigenvalue weighted by Crippen LogP contribution is -2.39. The van der Waals surface area contributed by atoms with Gasteiger partial charge in [0, 0.05) is 43.8 Å². The van der Waals surface area contributed by atoms with Crippen molar-refractivity contribution < 1.29 is 18.0 Å². The van der Waals surface area contributed by atoms with Crippen LogP contribution in [0, 0.1) is 0 Å². The lowest BCUT2D eigenvalue weighted by atomic mass is 10.1. The van der Waals surface area contributed by atoms with Gasteiger partial charge in [-0.1, -0.05) is 31.7 Å². The van der Waals surface area contributed by atoms with Crippen molar-refractivity contribution in [1.82, 2.24) is 15.1 Å². The number of benzene rings is 1. The maximum absolute atomic E-state index is 13.3. The summed E-state index contributed by atoms with van der Waals surface area (Å²) >= 11 is 0. The number of hydrogen-bond donors (Lipinski definition) is 1. The minimum Gasteiger partial charge on any atom is -0.375 e. The monoisotopic (exact) mass is 487 g/mol. The van der Waals surface area contributed by atoms with E-state index >= 15 is 0 Å². The number of hydrogen-bond acceptors (Lipinski definition) is 4. The van der Waals surface area contributed by atoms with Gasteiger partial charge >= 0.3 is 12.2 Å². The fourth-order valence-electron chi connectivity index (χ4n) is 3.55. The van der Waals surface area contributed by atoms with Crippen molar-refractivity contribution in [1.29, 1.82) is 0 Å². The fraction of sp³-hybridized carbons (Fsp3) is 0.346. The molecule has 35 heavy (non-hydrogen) atoms. The second-order valence-electron chi connectivity index (χ2n) is 7.89. The number of halogens is 3. The Morgan fingerprint density at radius 1 is 1.29 bits per heavy atom. The lowest BCUT2D eigenvalue weighted by molar-refractivity contribution is -0.137. The number of carbonyl (C=O) groups excluding carboxylic acids is 1. The quantitative estimate of drug-likeness (QED) is 0.472. The zero-order valence-electron chi connectivity index (χ0n) is 20.6. The van der Waals surface area contributed by atoms with Crippen LogP contribution in [0.25, 0.3) is 0 Å². The van der Waals surface area contributed by atoms with Crippen LogP contribution in [0.4, 0.5) is 18.0 Å². The molecule has 9 heteroatoms. The molecule has 0 bridgehead atoms. The van der Waals surface area contributed by atoms with Crippen LogP contribution in [0.1, 0.15) is 44.7 Å². The van der Waals surface area contributed by atoms with Crippen molar-refractivity contribution in [2.45, 2.75) is 39.8 Å². The molecule has 0 fully saturated rings. The molecule has 0 aliphatic carbocycles. The van der Waals surface area contributed by atoms with Crippen molar-refractivity contribution in [3.8, 4) is 0 Å². The number of allylic oxidation sites excluding steroid dienone is 5. The minimum atomic E-state index is -4.48. The normalized spacial score (nSPS) is 16.3. The maximum Gasteiger partial charge on any atom is 0.416 e. The van der Waals surface area contributed by atoms with E-state index in [2.05, 4.69) is 21.9 Å². The summed E-state index contributed by atoms with van der Waals surface area (Å²) in [5.74, 6) is 0.382. The van der Waals surface area contributed by atoms with Crippen molar-refractivity contribution in [2.75, 3.05) is 20.1 Å². The van der Waals surface area contributed by atoms with Crippen molar-refractivity contribution in [3.05, 3.63) is 83.6 Å². The molecule has 0 atom stereocenters. The smallest absolute Gasteiger partial charge is 0.375 e. The molecular weight excluding hydrogens is 455 g/mol. The van der Waals surface area contributed by atoms with E-state index in [1.807, 2.05) is 25.8 Å². The molecule has 0 saturated carbocycles. The van der Waals surface area contributed by atoms with Crippen LogP contribution >= 0.6 is 0 Å². The maximum atomic E-state index is 13.3. The van der Waals surface area contributed by atoms with Gasteiger partial charge in [-0.15, -0.1) is 0 Å². The zero-order chi connectivity index (χ0) is 26.0. The van der Waals surface area contributed by atoms with Crippen LogP contribution in [0.3, 0.4) is 0 Å².